The summed E-state index contributed by atoms with van der Waals surface area (Å²) in [7, 11) is 0. The van der Waals surface area contributed by atoms with Crippen LogP contribution in [0.2, 0.25) is 5.02 Å². The number of ether oxygens (including phenoxy) is 1. The molecule has 0 saturated carbocycles. The number of thiazole rings is 1. The quantitative estimate of drug-likeness (QED) is 0.492. The molecule has 3 nitrogen and oxygen atoms in total. The van der Waals surface area contributed by atoms with Crippen LogP contribution in [0.25, 0.3) is 10.6 Å². The van der Waals surface area contributed by atoms with E-state index in [-0.39, 0.29) is 24.4 Å². The standard InChI is InChI=1S/C21H20ClNO2S/c1-14(2)19(15-8-10-17(22)11-9-15)21(24)25-12-18-13-26-20(23-18)16-6-4-3-5-7-16/h3-11,13-14,19H,12H2,1-2H3/t19-/m1/s1. The third-order valence-corrected chi connectivity index (χ3v) is 5.28. The Bertz CT molecular complexity index is 859. The molecule has 5 heteroatoms. The van der Waals surface area contributed by atoms with Crippen LogP contribution in [0.5, 0.6) is 0 Å². The molecule has 0 N–H and O–H groups in total. The van der Waals surface area contributed by atoms with Gasteiger partial charge in [-0.1, -0.05) is 67.9 Å². The van der Waals surface area contributed by atoms with Crippen molar-refractivity contribution in [3.8, 4) is 10.6 Å². The lowest BCUT2D eigenvalue weighted by atomic mass is 9.88. The summed E-state index contributed by atoms with van der Waals surface area (Å²) >= 11 is 7.50. The number of carbonyl (C=O) groups excluding carboxylic acids is 1. The van der Waals surface area contributed by atoms with Crippen LogP contribution < -0.4 is 0 Å². The fraction of sp³-hybridized carbons (Fsp3) is 0.238. The SMILES string of the molecule is CC(C)[C@@H](C(=O)OCc1csc(-c2ccccc2)n1)c1ccc(Cl)cc1. The van der Waals surface area contributed by atoms with Crippen LogP contribution in [0.3, 0.4) is 0 Å². The second kappa shape index (κ2) is 8.47. The second-order valence-corrected chi connectivity index (χ2v) is 7.69. The van der Waals surface area contributed by atoms with Crippen molar-refractivity contribution in [3.63, 3.8) is 0 Å². The highest BCUT2D eigenvalue weighted by Gasteiger charge is 2.26. The second-order valence-electron chi connectivity index (χ2n) is 6.39. The molecule has 0 unspecified atom stereocenters. The maximum absolute atomic E-state index is 12.6. The minimum atomic E-state index is -0.320. The van der Waals surface area contributed by atoms with Gasteiger partial charge in [0.1, 0.15) is 11.6 Å². The average molecular weight is 386 g/mol. The Morgan fingerprint density at radius 1 is 1.12 bits per heavy atom. The Hall–Kier alpha value is -2.17. The van der Waals surface area contributed by atoms with E-state index in [1.807, 2.05) is 61.7 Å². The fourth-order valence-electron chi connectivity index (χ4n) is 2.78. The van der Waals surface area contributed by atoms with Crippen LogP contribution in [0.15, 0.2) is 60.0 Å². The summed E-state index contributed by atoms with van der Waals surface area (Å²) < 4.78 is 5.56. The van der Waals surface area contributed by atoms with E-state index in [1.54, 1.807) is 23.5 Å². The van der Waals surface area contributed by atoms with E-state index in [0.717, 1.165) is 21.8 Å². The molecule has 0 aliphatic heterocycles. The molecule has 1 heterocycles. The average Bonchev–Trinajstić information content (AvgIpc) is 3.11. The van der Waals surface area contributed by atoms with E-state index in [1.165, 1.54) is 0 Å². The molecular weight excluding hydrogens is 366 g/mol. The number of aromatic nitrogens is 1. The Kier molecular flexibility index (Phi) is 6.07. The van der Waals surface area contributed by atoms with Crippen LogP contribution in [-0.2, 0) is 16.1 Å². The van der Waals surface area contributed by atoms with Crippen molar-refractivity contribution in [1.82, 2.24) is 4.98 Å². The number of hydrogen-bond acceptors (Lipinski definition) is 4. The first-order valence-corrected chi connectivity index (χ1v) is 9.72. The number of nitrogens with zero attached hydrogens (tertiary/aromatic N) is 1. The van der Waals surface area contributed by atoms with Crippen molar-refractivity contribution in [2.75, 3.05) is 0 Å². The van der Waals surface area contributed by atoms with E-state index in [0.29, 0.717) is 5.02 Å². The lowest BCUT2D eigenvalue weighted by Crippen LogP contribution is -2.20. The molecule has 0 bridgehead atoms. The fourth-order valence-corrected chi connectivity index (χ4v) is 3.72. The Labute approximate surface area is 162 Å². The summed E-state index contributed by atoms with van der Waals surface area (Å²) in [6, 6.07) is 17.3. The summed E-state index contributed by atoms with van der Waals surface area (Å²) in [4.78, 5) is 17.2. The van der Waals surface area contributed by atoms with Crippen LogP contribution in [0, 0.1) is 5.92 Å². The van der Waals surface area contributed by atoms with Gasteiger partial charge in [-0.05, 0) is 23.6 Å². The minimum absolute atomic E-state index is 0.124. The predicted octanol–water partition coefficient (Wildman–Crippen LogP) is 5.95. The van der Waals surface area contributed by atoms with Gasteiger partial charge < -0.3 is 4.74 Å². The number of carbonyl (C=O) groups is 1. The van der Waals surface area contributed by atoms with E-state index in [9.17, 15) is 4.79 Å². The summed E-state index contributed by atoms with van der Waals surface area (Å²) in [5, 5.41) is 3.51. The maximum Gasteiger partial charge on any atom is 0.314 e. The van der Waals surface area contributed by atoms with Gasteiger partial charge in [0.05, 0.1) is 11.6 Å². The minimum Gasteiger partial charge on any atom is -0.459 e. The summed E-state index contributed by atoms with van der Waals surface area (Å²) in [5.41, 5.74) is 2.75. The third-order valence-electron chi connectivity index (χ3n) is 4.08. The lowest BCUT2D eigenvalue weighted by molar-refractivity contribution is -0.148. The monoisotopic (exact) mass is 385 g/mol. The van der Waals surface area contributed by atoms with E-state index < -0.39 is 0 Å². The van der Waals surface area contributed by atoms with Crippen molar-refractivity contribution in [2.45, 2.75) is 26.4 Å². The molecule has 0 aliphatic carbocycles. The Balaban J connectivity index is 1.67. The Morgan fingerprint density at radius 3 is 2.46 bits per heavy atom. The van der Waals surface area contributed by atoms with Crippen molar-refractivity contribution in [3.05, 3.63) is 76.3 Å². The molecule has 0 fully saturated rings. The van der Waals surface area contributed by atoms with Gasteiger partial charge in [0.15, 0.2) is 0 Å². The first-order chi connectivity index (χ1) is 12.5. The highest BCUT2D eigenvalue weighted by Crippen LogP contribution is 2.28. The molecule has 134 valence electrons. The summed E-state index contributed by atoms with van der Waals surface area (Å²) in [6.07, 6.45) is 0. The zero-order valence-electron chi connectivity index (χ0n) is 14.7. The molecule has 2 aromatic carbocycles. The first kappa shape index (κ1) is 18.6. The molecule has 3 aromatic rings. The molecule has 1 aromatic heterocycles. The normalized spacial score (nSPS) is 12.2. The van der Waals surface area contributed by atoms with Crippen LogP contribution >= 0.6 is 22.9 Å². The zero-order chi connectivity index (χ0) is 18.5. The first-order valence-electron chi connectivity index (χ1n) is 8.46. The third kappa shape index (κ3) is 4.51. The van der Waals surface area contributed by atoms with Gasteiger partial charge in [-0.2, -0.15) is 0 Å². The predicted molar refractivity (Wildman–Crippen MR) is 106 cm³/mol. The highest BCUT2D eigenvalue weighted by molar-refractivity contribution is 7.13. The molecule has 1 atom stereocenters. The van der Waals surface area contributed by atoms with Crippen molar-refractivity contribution >= 4 is 28.9 Å². The van der Waals surface area contributed by atoms with Gasteiger partial charge in [0.2, 0.25) is 0 Å². The Morgan fingerprint density at radius 2 is 1.81 bits per heavy atom. The van der Waals surface area contributed by atoms with Gasteiger partial charge in [-0.15, -0.1) is 11.3 Å². The van der Waals surface area contributed by atoms with Crippen molar-refractivity contribution in [1.29, 1.82) is 0 Å². The topological polar surface area (TPSA) is 39.2 Å². The highest BCUT2D eigenvalue weighted by atomic mass is 35.5. The molecular formula is C21H20ClNO2S. The van der Waals surface area contributed by atoms with Crippen LogP contribution in [0.1, 0.15) is 31.0 Å². The maximum atomic E-state index is 12.6. The molecule has 0 saturated heterocycles. The number of benzene rings is 2. The zero-order valence-corrected chi connectivity index (χ0v) is 16.3. The largest absolute Gasteiger partial charge is 0.459 e. The summed E-state index contributed by atoms with van der Waals surface area (Å²) in [5.74, 6) is -0.435. The van der Waals surface area contributed by atoms with Crippen molar-refractivity contribution < 1.29 is 9.53 Å². The van der Waals surface area contributed by atoms with Gasteiger partial charge in [-0.3, -0.25) is 4.79 Å². The van der Waals surface area contributed by atoms with Gasteiger partial charge in [0.25, 0.3) is 0 Å². The van der Waals surface area contributed by atoms with E-state index in [4.69, 9.17) is 16.3 Å². The summed E-state index contributed by atoms with van der Waals surface area (Å²) in [6.45, 7) is 4.20. The van der Waals surface area contributed by atoms with Crippen LogP contribution in [-0.4, -0.2) is 11.0 Å². The number of hydrogen-bond donors (Lipinski definition) is 0. The number of esters is 1. The number of rotatable bonds is 6. The van der Waals surface area contributed by atoms with E-state index >= 15 is 0 Å². The van der Waals surface area contributed by atoms with Gasteiger partial charge in [0, 0.05) is 16.0 Å². The van der Waals surface area contributed by atoms with Gasteiger partial charge in [-0.25, -0.2) is 4.98 Å². The smallest absolute Gasteiger partial charge is 0.314 e. The molecule has 0 spiro atoms. The van der Waals surface area contributed by atoms with E-state index in [2.05, 4.69) is 4.98 Å². The van der Waals surface area contributed by atoms with Crippen LogP contribution in [0.4, 0.5) is 0 Å². The number of halogens is 1. The van der Waals surface area contributed by atoms with Crippen molar-refractivity contribution in [2.24, 2.45) is 5.92 Å². The molecule has 3 rings (SSSR count). The molecule has 0 amide bonds. The molecule has 26 heavy (non-hydrogen) atoms. The molecule has 0 radical (unpaired) electrons. The molecule has 0 aliphatic rings. The lowest BCUT2D eigenvalue weighted by Gasteiger charge is -2.19. The van der Waals surface area contributed by atoms with Gasteiger partial charge >= 0.3 is 5.97 Å².